The summed E-state index contributed by atoms with van der Waals surface area (Å²) >= 11 is 0. The van der Waals surface area contributed by atoms with Crippen molar-refractivity contribution in [3.05, 3.63) is 65.2 Å². The molecule has 0 bridgehead atoms. The minimum absolute atomic E-state index is 0.0627. The lowest BCUT2D eigenvalue weighted by Gasteiger charge is -2.04. The molecule has 0 saturated carbocycles. The van der Waals surface area contributed by atoms with Gasteiger partial charge in [-0.3, -0.25) is 4.79 Å². The van der Waals surface area contributed by atoms with Crippen LogP contribution in [0.25, 0.3) is 11.0 Å². The van der Waals surface area contributed by atoms with Crippen LogP contribution in [0.1, 0.15) is 21.5 Å². The fourth-order valence-electron chi connectivity index (χ4n) is 2.25. The number of aryl methyl sites for hydroxylation is 1. The van der Waals surface area contributed by atoms with Crippen molar-refractivity contribution in [2.45, 2.75) is 6.92 Å². The number of rotatable bonds is 3. The van der Waals surface area contributed by atoms with Gasteiger partial charge in [0.2, 0.25) is 0 Å². The van der Waals surface area contributed by atoms with Crippen LogP contribution < -0.4 is 5.43 Å². The number of phenolic OH excluding ortho intramolecular Hbond substituents is 1. The highest BCUT2D eigenvalue weighted by Gasteiger charge is 2.16. The van der Waals surface area contributed by atoms with Crippen LogP contribution in [0.15, 0.2) is 52.2 Å². The SMILES string of the molecule is Cc1coc2ccc(C(=O)N/N=C/c3ccccc3F)c(O)c12. The number of nitrogens with one attached hydrogen (secondary N) is 1. The van der Waals surface area contributed by atoms with Gasteiger partial charge in [-0.1, -0.05) is 18.2 Å². The number of hydrazone groups is 1. The fourth-order valence-corrected chi connectivity index (χ4v) is 2.25. The molecule has 0 fully saturated rings. The number of hydrogen-bond acceptors (Lipinski definition) is 4. The molecule has 6 heteroatoms. The molecule has 0 aliphatic heterocycles. The molecule has 1 aromatic heterocycles. The van der Waals surface area contributed by atoms with E-state index in [1.165, 1.54) is 30.7 Å². The molecule has 116 valence electrons. The van der Waals surface area contributed by atoms with Crippen molar-refractivity contribution in [1.82, 2.24) is 5.43 Å². The fraction of sp³-hybridized carbons (Fsp3) is 0.0588. The average molecular weight is 312 g/mol. The zero-order chi connectivity index (χ0) is 16.4. The van der Waals surface area contributed by atoms with Crippen LogP contribution in [0.3, 0.4) is 0 Å². The van der Waals surface area contributed by atoms with Gasteiger partial charge in [-0.15, -0.1) is 0 Å². The van der Waals surface area contributed by atoms with Crippen LogP contribution in [0.5, 0.6) is 5.75 Å². The Bertz CT molecular complexity index is 915. The van der Waals surface area contributed by atoms with Gasteiger partial charge in [0.1, 0.15) is 17.1 Å². The molecule has 23 heavy (non-hydrogen) atoms. The molecule has 1 amide bonds. The number of aromatic hydroxyl groups is 1. The van der Waals surface area contributed by atoms with Gasteiger partial charge in [-0.25, -0.2) is 9.82 Å². The van der Waals surface area contributed by atoms with E-state index in [-0.39, 0.29) is 16.9 Å². The van der Waals surface area contributed by atoms with Crippen molar-refractivity contribution in [2.24, 2.45) is 5.10 Å². The molecule has 0 aliphatic rings. The number of fused-ring (bicyclic) bond motifs is 1. The second kappa shape index (κ2) is 5.92. The Hall–Kier alpha value is -3.15. The normalized spacial score (nSPS) is 11.2. The first kappa shape index (κ1) is 14.8. The quantitative estimate of drug-likeness (QED) is 0.575. The molecule has 0 radical (unpaired) electrons. The van der Waals surface area contributed by atoms with Crippen molar-refractivity contribution in [3.63, 3.8) is 0 Å². The zero-order valence-electron chi connectivity index (χ0n) is 12.2. The molecular weight excluding hydrogens is 299 g/mol. The van der Waals surface area contributed by atoms with Crippen LogP contribution in [-0.4, -0.2) is 17.2 Å². The van der Waals surface area contributed by atoms with Crippen LogP contribution in [0.4, 0.5) is 4.39 Å². The number of carbonyl (C=O) groups is 1. The zero-order valence-corrected chi connectivity index (χ0v) is 12.2. The van der Waals surface area contributed by atoms with Gasteiger partial charge in [0.15, 0.2) is 0 Å². The van der Waals surface area contributed by atoms with Crippen molar-refractivity contribution >= 4 is 23.1 Å². The van der Waals surface area contributed by atoms with E-state index in [9.17, 15) is 14.3 Å². The summed E-state index contributed by atoms with van der Waals surface area (Å²) in [6, 6.07) is 9.08. The van der Waals surface area contributed by atoms with Crippen molar-refractivity contribution in [3.8, 4) is 5.75 Å². The number of carbonyl (C=O) groups excluding carboxylic acids is 1. The summed E-state index contributed by atoms with van der Waals surface area (Å²) in [5.74, 6) is -1.21. The molecule has 2 aromatic carbocycles. The first-order chi connectivity index (χ1) is 11.1. The van der Waals surface area contributed by atoms with E-state index in [0.29, 0.717) is 11.0 Å². The van der Waals surface area contributed by atoms with Crippen LogP contribution in [0, 0.1) is 12.7 Å². The number of phenols is 1. The molecule has 5 nitrogen and oxygen atoms in total. The Morgan fingerprint density at radius 1 is 1.30 bits per heavy atom. The second-order valence-electron chi connectivity index (χ2n) is 4.97. The van der Waals surface area contributed by atoms with Crippen LogP contribution in [-0.2, 0) is 0 Å². The summed E-state index contributed by atoms with van der Waals surface area (Å²) < 4.78 is 18.7. The number of furan rings is 1. The molecule has 0 aliphatic carbocycles. The maximum atomic E-state index is 13.4. The number of halogens is 1. The molecule has 1 heterocycles. The van der Waals surface area contributed by atoms with Gasteiger partial charge < -0.3 is 9.52 Å². The summed E-state index contributed by atoms with van der Waals surface area (Å²) in [4.78, 5) is 12.1. The second-order valence-corrected chi connectivity index (χ2v) is 4.97. The third-order valence-corrected chi connectivity index (χ3v) is 3.42. The number of benzene rings is 2. The molecule has 2 N–H and O–H groups in total. The molecular formula is C17H13FN2O3. The molecule has 0 saturated heterocycles. The van der Waals surface area contributed by atoms with E-state index in [4.69, 9.17) is 4.42 Å². The van der Waals surface area contributed by atoms with E-state index in [0.717, 1.165) is 5.56 Å². The van der Waals surface area contributed by atoms with E-state index >= 15 is 0 Å². The topological polar surface area (TPSA) is 74.8 Å². The van der Waals surface area contributed by atoms with E-state index in [1.807, 2.05) is 0 Å². The van der Waals surface area contributed by atoms with Crippen molar-refractivity contribution in [1.29, 1.82) is 0 Å². The summed E-state index contributed by atoms with van der Waals surface area (Å²) in [6.07, 6.45) is 2.70. The van der Waals surface area contributed by atoms with Gasteiger partial charge in [0.05, 0.1) is 23.4 Å². The lowest BCUT2D eigenvalue weighted by Crippen LogP contribution is -2.17. The maximum Gasteiger partial charge on any atom is 0.275 e. The van der Waals surface area contributed by atoms with Crippen molar-refractivity contribution < 1.29 is 18.7 Å². The standard InChI is InChI=1S/C17H13FN2O3/c1-10-9-23-14-7-6-12(16(21)15(10)14)17(22)20-19-8-11-4-2-3-5-13(11)18/h2-9,21H,1H3,(H,20,22)/b19-8+. The summed E-state index contributed by atoms with van der Waals surface area (Å²) in [5.41, 5.74) is 3.79. The monoisotopic (exact) mass is 312 g/mol. The third kappa shape index (κ3) is 2.78. The highest BCUT2D eigenvalue weighted by atomic mass is 19.1. The summed E-state index contributed by atoms with van der Waals surface area (Å²) in [5, 5.41) is 14.4. The van der Waals surface area contributed by atoms with Crippen molar-refractivity contribution in [2.75, 3.05) is 0 Å². The van der Waals surface area contributed by atoms with E-state index < -0.39 is 11.7 Å². The maximum absolute atomic E-state index is 13.4. The van der Waals surface area contributed by atoms with Gasteiger partial charge in [-0.2, -0.15) is 5.10 Å². The highest BCUT2D eigenvalue weighted by Crippen LogP contribution is 2.32. The lowest BCUT2D eigenvalue weighted by atomic mass is 10.1. The van der Waals surface area contributed by atoms with Gasteiger partial charge in [0.25, 0.3) is 5.91 Å². The molecule has 3 rings (SSSR count). The summed E-state index contributed by atoms with van der Waals surface area (Å²) in [7, 11) is 0. The first-order valence-corrected chi connectivity index (χ1v) is 6.85. The van der Waals surface area contributed by atoms with Gasteiger partial charge in [-0.05, 0) is 30.7 Å². The number of amides is 1. The number of hydrogen-bond donors (Lipinski definition) is 2. The first-order valence-electron chi connectivity index (χ1n) is 6.85. The van der Waals surface area contributed by atoms with Gasteiger partial charge in [0, 0.05) is 5.56 Å². The highest BCUT2D eigenvalue weighted by molar-refractivity contribution is 6.03. The van der Waals surface area contributed by atoms with E-state index in [1.54, 1.807) is 25.1 Å². The molecule has 0 atom stereocenters. The smallest absolute Gasteiger partial charge is 0.275 e. The predicted molar refractivity (Wildman–Crippen MR) is 84.1 cm³/mol. The lowest BCUT2D eigenvalue weighted by molar-refractivity contribution is 0.0952. The van der Waals surface area contributed by atoms with Gasteiger partial charge >= 0.3 is 0 Å². The average Bonchev–Trinajstić information content (AvgIpc) is 2.91. The number of nitrogens with zero attached hydrogens (tertiary/aromatic N) is 1. The minimum atomic E-state index is -0.599. The Balaban J connectivity index is 1.83. The summed E-state index contributed by atoms with van der Waals surface area (Å²) in [6.45, 7) is 1.77. The Labute approximate surface area is 131 Å². The molecule has 0 unspecified atom stereocenters. The Morgan fingerprint density at radius 3 is 2.87 bits per heavy atom. The van der Waals surface area contributed by atoms with Crippen LogP contribution in [0.2, 0.25) is 0 Å². The largest absolute Gasteiger partial charge is 0.506 e. The minimum Gasteiger partial charge on any atom is -0.506 e. The Morgan fingerprint density at radius 2 is 2.09 bits per heavy atom. The van der Waals surface area contributed by atoms with Crippen LogP contribution >= 0.6 is 0 Å². The molecule has 3 aromatic rings. The molecule has 0 spiro atoms. The predicted octanol–water partition coefficient (Wildman–Crippen LogP) is 3.35. The third-order valence-electron chi connectivity index (χ3n) is 3.42. The van der Waals surface area contributed by atoms with E-state index in [2.05, 4.69) is 10.5 Å². The Kier molecular flexibility index (Phi) is 3.80.